The quantitative estimate of drug-likeness (QED) is 0.766. The Balaban J connectivity index is 2.15. The van der Waals surface area contributed by atoms with Crippen LogP contribution < -0.4 is 5.32 Å². The Kier molecular flexibility index (Phi) is 3.33. The first-order chi connectivity index (χ1) is 8.08. The molecule has 2 N–H and O–H groups in total. The number of phenolic OH excluding ortho intramolecular Hbond substituents is 1. The summed E-state index contributed by atoms with van der Waals surface area (Å²) in [6.45, 7) is 6.14. The van der Waals surface area contributed by atoms with Gasteiger partial charge in [0.15, 0.2) is 0 Å². The summed E-state index contributed by atoms with van der Waals surface area (Å²) in [6, 6.07) is 5.41. The normalized spacial score (nSPS) is 20.4. The molecule has 0 saturated carbocycles. The predicted octanol–water partition coefficient (Wildman–Crippen LogP) is 1.13. The zero-order valence-electron chi connectivity index (χ0n) is 10.2. The number of rotatable bonds is 1. The van der Waals surface area contributed by atoms with E-state index >= 15 is 0 Å². The van der Waals surface area contributed by atoms with Crippen LogP contribution in [0.1, 0.15) is 22.8 Å². The van der Waals surface area contributed by atoms with Gasteiger partial charge < -0.3 is 15.3 Å². The molecular formula is C13H18N2O2. The third-order valence-electron chi connectivity index (χ3n) is 3.11. The summed E-state index contributed by atoms with van der Waals surface area (Å²) in [7, 11) is 0. The maximum absolute atomic E-state index is 12.2. The highest BCUT2D eigenvalue weighted by Gasteiger charge is 2.21. The Morgan fingerprint density at radius 2 is 2.29 bits per heavy atom. The van der Waals surface area contributed by atoms with Gasteiger partial charge in [-0.1, -0.05) is 6.07 Å². The second-order valence-electron chi connectivity index (χ2n) is 4.61. The van der Waals surface area contributed by atoms with E-state index in [1.807, 2.05) is 11.8 Å². The number of hydrogen-bond acceptors (Lipinski definition) is 3. The maximum Gasteiger partial charge on any atom is 0.254 e. The second-order valence-corrected chi connectivity index (χ2v) is 4.61. The molecule has 1 aromatic rings. The SMILES string of the molecule is Cc1ccc(C(=O)N2CCNC(C)C2)cc1O. The Morgan fingerprint density at radius 1 is 1.53 bits per heavy atom. The molecular weight excluding hydrogens is 216 g/mol. The van der Waals surface area contributed by atoms with Crippen molar-refractivity contribution in [3.8, 4) is 5.75 Å². The highest BCUT2D eigenvalue weighted by atomic mass is 16.3. The number of aromatic hydroxyl groups is 1. The Labute approximate surface area is 101 Å². The second kappa shape index (κ2) is 4.75. The number of carbonyl (C=O) groups excluding carboxylic acids is 1. The van der Waals surface area contributed by atoms with Gasteiger partial charge in [-0.15, -0.1) is 0 Å². The number of hydrogen-bond donors (Lipinski definition) is 2. The minimum atomic E-state index is -0.00588. The lowest BCUT2D eigenvalue weighted by Crippen LogP contribution is -2.51. The van der Waals surface area contributed by atoms with Gasteiger partial charge in [0.05, 0.1) is 0 Å². The number of benzene rings is 1. The first-order valence-electron chi connectivity index (χ1n) is 5.90. The third-order valence-corrected chi connectivity index (χ3v) is 3.11. The zero-order valence-corrected chi connectivity index (χ0v) is 10.2. The van der Waals surface area contributed by atoms with Crippen molar-refractivity contribution in [2.24, 2.45) is 0 Å². The van der Waals surface area contributed by atoms with Crippen LogP contribution in [-0.4, -0.2) is 41.6 Å². The van der Waals surface area contributed by atoms with Crippen molar-refractivity contribution in [2.75, 3.05) is 19.6 Å². The molecule has 0 aromatic heterocycles. The van der Waals surface area contributed by atoms with Crippen LogP contribution in [0.2, 0.25) is 0 Å². The Hall–Kier alpha value is -1.55. The average Bonchev–Trinajstić information content (AvgIpc) is 2.32. The number of carbonyl (C=O) groups is 1. The summed E-state index contributed by atoms with van der Waals surface area (Å²) in [4.78, 5) is 14.0. The van der Waals surface area contributed by atoms with E-state index in [2.05, 4.69) is 12.2 Å². The third kappa shape index (κ3) is 2.58. The van der Waals surface area contributed by atoms with E-state index in [-0.39, 0.29) is 11.7 Å². The van der Waals surface area contributed by atoms with Crippen molar-refractivity contribution in [2.45, 2.75) is 19.9 Å². The molecule has 0 spiro atoms. The van der Waals surface area contributed by atoms with Gasteiger partial charge in [0.25, 0.3) is 5.91 Å². The largest absolute Gasteiger partial charge is 0.508 e. The molecule has 1 aromatic carbocycles. The van der Waals surface area contributed by atoms with Crippen LogP contribution in [0.4, 0.5) is 0 Å². The van der Waals surface area contributed by atoms with E-state index in [9.17, 15) is 9.90 Å². The summed E-state index contributed by atoms with van der Waals surface area (Å²) in [5.41, 5.74) is 1.34. The van der Waals surface area contributed by atoms with Gasteiger partial charge in [-0.3, -0.25) is 4.79 Å². The standard InChI is InChI=1S/C13H18N2O2/c1-9-3-4-11(7-12(9)16)13(17)15-6-5-14-10(2)8-15/h3-4,7,10,14,16H,5-6,8H2,1-2H3. The fraction of sp³-hybridized carbons (Fsp3) is 0.462. The van der Waals surface area contributed by atoms with Crippen molar-refractivity contribution < 1.29 is 9.90 Å². The number of aryl methyl sites for hydroxylation is 1. The highest BCUT2D eigenvalue weighted by Crippen LogP contribution is 2.19. The average molecular weight is 234 g/mol. The van der Waals surface area contributed by atoms with Gasteiger partial charge in [-0.2, -0.15) is 0 Å². The molecule has 1 fully saturated rings. The van der Waals surface area contributed by atoms with Crippen LogP contribution in [0.25, 0.3) is 0 Å². The molecule has 0 radical (unpaired) electrons. The van der Waals surface area contributed by atoms with Crippen molar-refractivity contribution in [1.29, 1.82) is 0 Å². The minimum Gasteiger partial charge on any atom is -0.508 e. The summed E-state index contributed by atoms with van der Waals surface area (Å²) >= 11 is 0. The first kappa shape index (κ1) is 11.9. The van der Waals surface area contributed by atoms with Gasteiger partial charge >= 0.3 is 0 Å². The molecule has 1 amide bonds. The molecule has 4 heteroatoms. The summed E-state index contributed by atoms with van der Waals surface area (Å²) < 4.78 is 0. The van der Waals surface area contributed by atoms with Gasteiger partial charge in [-0.05, 0) is 31.5 Å². The van der Waals surface area contributed by atoms with Crippen LogP contribution >= 0.6 is 0 Å². The molecule has 1 aliphatic heterocycles. The van der Waals surface area contributed by atoms with Crippen molar-refractivity contribution in [3.05, 3.63) is 29.3 Å². The lowest BCUT2D eigenvalue weighted by atomic mass is 10.1. The van der Waals surface area contributed by atoms with E-state index < -0.39 is 0 Å². The molecule has 17 heavy (non-hydrogen) atoms. The van der Waals surface area contributed by atoms with E-state index in [0.717, 1.165) is 18.7 Å². The maximum atomic E-state index is 12.2. The van der Waals surface area contributed by atoms with Crippen molar-refractivity contribution in [3.63, 3.8) is 0 Å². The number of nitrogens with one attached hydrogen (secondary N) is 1. The highest BCUT2D eigenvalue weighted by molar-refractivity contribution is 5.94. The van der Waals surface area contributed by atoms with Gasteiger partial charge in [0.1, 0.15) is 5.75 Å². The number of piperazine rings is 1. The van der Waals surface area contributed by atoms with Crippen LogP contribution in [0.3, 0.4) is 0 Å². The molecule has 1 saturated heterocycles. The molecule has 1 aliphatic rings. The molecule has 0 aliphatic carbocycles. The fourth-order valence-electron chi connectivity index (χ4n) is 2.04. The van der Waals surface area contributed by atoms with Crippen LogP contribution in [0.5, 0.6) is 5.75 Å². The Morgan fingerprint density at radius 3 is 2.94 bits per heavy atom. The van der Waals surface area contributed by atoms with E-state index in [1.54, 1.807) is 18.2 Å². The molecule has 92 valence electrons. The van der Waals surface area contributed by atoms with E-state index in [0.29, 0.717) is 18.2 Å². The first-order valence-corrected chi connectivity index (χ1v) is 5.90. The lowest BCUT2D eigenvalue weighted by Gasteiger charge is -2.32. The number of amides is 1. The topological polar surface area (TPSA) is 52.6 Å². The fourth-order valence-corrected chi connectivity index (χ4v) is 2.04. The molecule has 1 atom stereocenters. The van der Waals surface area contributed by atoms with Crippen molar-refractivity contribution in [1.82, 2.24) is 10.2 Å². The zero-order chi connectivity index (χ0) is 12.4. The molecule has 1 unspecified atom stereocenters. The van der Waals surface area contributed by atoms with Crippen molar-refractivity contribution >= 4 is 5.91 Å². The molecule has 1 heterocycles. The monoisotopic (exact) mass is 234 g/mol. The van der Waals surface area contributed by atoms with Gasteiger partial charge in [0.2, 0.25) is 0 Å². The summed E-state index contributed by atoms with van der Waals surface area (Å²) in [6.07, 6.45) is 0. The molecule has 4 nitrogen and oxygen atoms in total. The molecule has 0 bridgehead atoms. The van der Waals surface area contributed by atoms with Gasteiger partial charge in [-0.25, -0.2) is 0 Å². The predicted molar refractivity (Wildman–Crippen MR) is 66.2 cm³/mol. The minimum absolute atomic E-state index is 0.00588. The van der Waals surface area contributed by atoms with E-state index in [1.165, 1.54) is 0 Å². The smallest absolute Gasteiger partial charge is 0.254 e. The van der Waals surface area contributed by atoms with Crippen LogP contribution in [-0.2, 0) is 0 Å². The lowest BCUT2D eigenvalue weighted by molar-refractivity contribution is 0.0708. The van der Waals surface area contributed by atoms with Crippen LogP contribution in [0.15, 0.2) is 18.2 Å². The van der Waals surface area contributed by atoms with Crippen LogP contribution in [0, 0.1) is 6.92 Å². The Bertz CT molecular complexity index is 431. The van der Waals surface area contributed by atoms with E-state index in [4.69, 9.17) is 0 Å². The summed E-state index contributed by atoms with van der Waals surface area (Å²) in [5, 5.41) is 12.9. The van der Waals surface area contributed by atoms with Gasteiger partial charge in [0, 0.05) is 31.2 Å². The number of phenols is 1. The summed E-state index contributed by atoms with van der Waals surface area (Å²) in [5.74, 6) is 0.174. The molecule has 2 rings (SSSR count). The number of nitrogens with zero attached hydrogens (tertiary/aromatic N) is 1.